The fourth-order valence-corrected chi connectivity index (χ4v) is 3.64. The van der Waals surface area contributed by atoms with Crippen molar-refractivity contribution in [3.05, 3.63) is 59.0 Å². The highest BCUT2D eigenvalue weighted by molar-refractivity contribution is 7.17. The summed E-state index contributed by atoms with van der Waals surface area (Å²) in [6, 6.07) is 10.8. The van der Waals surface area contributed by atoms with Crippen LogP contribution < -0.4 is 14.8 Å². The lowest BCUT2D eigenvalue weighted by Crippen LogP contribution is -2.13. The predicted molar refractivity (Wildman–Crippen MR) is 111 cm³/mol. The number of ether oxygens (including phenoxy) is 2. The van der Waals surface area contributed by atoms with Gasteiger partial charge in [0.05, 0.1) is 25.5 Å². The van der Waals surface area contributed by atoms with E-state index in [0.29, 0.717) is 5.75 Å². The smallest absolute Gasteiger partial charge is 0.337 e. The molecule has 2 N–H and O–H groups in total. The highest BCUT2D eigenvalue weighted by Gasteiger charge is 2.17. The zero-order valence-electron chi connectivity index (χ0n) is 15.6. The van der Waals surface area contributed by atoms with Gasteiger partial charge < -0.3 is 19.9 Å². The summed E-state index contributed by atoms with van der Waals surface area (Å²) >= 11 is 1.63. The SMILES string of the molecule is COc1cc(NC(=O)/C=C(/C)c2ccc3ccsc3c2)c(C(=O)O)cc1OC. The first-order valence-electron chi connectivity index (χ1n) is 8.39. The number of fused-ring (bicyclic) bond motifs is 1. The summed E-state index contributed by atoms with van der Waals surface area (Å²) in [6.45, 7) is 1.83. The largest absolute Gasteiger partial charge is 0.493 e. The van der Waals surface area contributed by atoms with Gasteiger partial charge in [-0.3, -0.25) is 4.79 Å². The molecule has 6 nitrogen and oxygen atoms in total. The Hall–Kier alpha value is -3.32. The number of benzene rings is 2. The van der Waals surface area contributed by atoms with Crippen LogP contribution in [-0.2, 0) is 4.79 Å². The number of hydrogen-bond donors (Lipinski definition) is 2. The van der Waals surface area contributed by atoms with Gasteiger partial charge in [-0.05, 0) is 41.0 Å². The summed E-state index contributed by atoms with van der Waals surface area (Å²) in [7, 11) is 2.85. The summed E-state index contributed by atoms with van der Waals surface area (Å²) in [5, 5.41) is 15.2. The minimum atomic E-state index is -1.18. The van der Waals surface area contributed by atoms with Gasteiger partial charge in [0.2, 0.25) is 5.91 Å². The van der Waals surface area contributed by atoms with Crippen molar-refractivity contribution < 1.29 is 24.2 Å². The Morgan fingerprint density at radius 3 is 2.46 bits per heavy atom. The molecular weight excluding hydrogens is 378 g/mol. The van der Waals surface area contributed by atoms with E-state index in [2.05, 4.69) is 5.32 Å². The van der Waals surface area contributed by atoms with E-state index >= 15 is 0 Å². The van der Waals surface area contributed by atoms with Crippen LogP contribution in [0.1, 0.15) is 22.8 Å². The molecule has 0 aliphatic heterocycles. The van der Waals surface area contributed by atoms with Crippen LogP contribution in [0.2, 0.25) is 0 Å². The standard InChI is InChI=1S/C21H19NO5S/c1-12(14-5-4-13-6-7-28-19(13)9-14)8-20(23)22-16-11-18(27-3)17(26-2)10-15(16)21(24)25/h4-11H,1-3H3,(H,22,23)(H,24,25)/b12-8-. The lowest BCUT2D eigenvalue weighted by molar-refractivity contribution is -0.111. The maximum atomic E-state index is 12.5. The van der Waals surface area contributed by atoms with E-state index in [-0.39, 0.29) is 17.0 Å². The van der Waals surface area contributed by atoms with Crippen LogP contribution in [0.15, 0.2) is 47.9 Å². The summed E-state index contributed by atoms with van der Waals surface area (Å²) < 4.78 is 11.5. The number of carbonyl (C=O) groups excluding carboxylic acids is 1. The zero-order chi connectivity index (χ0) is 20.3. The van der Waals surface area contributed by atoms with Crippen LogP contribution in [0.5, 0.6) is 11.5 Å². The van der Waals surface area contributed by atoms with Crippen LogP contribution in [0.25, 0.3) is 15.7 Å². The quantitative estimate of drug-likeness (QED) is 0.591. The van der Waals surface area contributed by atoms with E-state index in [9.17, 15) is 14.7 Å². The van der Waals surface area contributed by atoms with Crippen molar-refractivity contribution >= 4 is 44.6 Å². The normalized spacial score (nSPS) is 11.3. The highest BCUT2D eigenvalue weighted by atomic mass is 32.1. The minimum Gasteiger partial charge on any atom is -0.493 e. The molecule has 0 bridgehead atoms. The van der Waals surface area contributed by atoms with Gasteiger partial charge >= 0.3 is 5.97 Å². The lowest BCUT2D eigenvalue weighted by Gasteiger charge is -2.13. The van der Waals surface area contributed by atoms with Crippen LogP contribution in [0, 0.1) is 0 Å². The summed E-state index contributed by atoms with van der Waals surface area (Å²) in [6.07, 6.45) is 1.44. The average Bonchev–Trinajstić information content (AvgIpc) is 3.14. The van der Waals surface area contributed by atoms with Crippen molar-refractivity contribution in [2.75, 3.05) is 19.5 Å². The number of thiophene rings is 1. The predicted octanol–water partition coefficient (Wildman–Crippen LogP) is 4.66. The van der Waals surface area contributed by atoms with Crippen molar-refractivity contribution in [3.63, 3.8) is 0 Å². The number of aromatic carboxylic acids is 1. The Morgan fingerprint density at radius 2 is 1.79 bits per heavy atom. The number of carbonyl (C=O) groups is 2. The average molecular weight is 397 g/mol. The van der Waals surface area contributed by atoms with Crippen molar-refractivity contribution in [1.29, 1.82) is 0 Å². The second kappa shape index (κ2) is 8.14. The molecule has 0 aliphatic carbocycles. The molecule has 0 aliphatic rings. The molecule has 0 saturated carbocycles. The molecule has 0 fully saturated rings. The van der Waals surface area contributed by atoms with Gasteiger partial charge in [-0.25, -0.2) is 4.79 Å². The van der Waals surface area contributed by atoms with Crippen molar-refractivity contribution in [1.82, 2.24) is 0 Å². The number of methoxy groups -OCH3 is 2. The molecule has 2 aromatic carbocycles. The van der Waals surface area contributed by atoms with E-state index in [1.54, 1.807) is 11.3 Å². The number of hydrogen-bond acceptors (Lipinski definition) is 5. The Labute approximate surface area is 166 Å². The molecule has 0 spiro atoms. The third-order valence-electron chi connectivity index (χ3n) is 4.27. The van der Waals surface area contributed by atoms with Crippen LogP contribution >= 0.6 is 11.3 Å². The number of allylic oxidation sites excluding steroid dienone is 1. The first-order chi connectivity index (χ1) is 13.4. The van der Waals surface area contributed by atoms with Crippen LogP contribution in [-0.4, -0.2) is 31.2 Å². The van der Waals surface area contributed by atoms with Gasteiger partial charge in [-0.2, -0.15) is 0 Å². The second-order valence-corrected chi connectivity index (χ2v) is 7.00. The number of anilines is 1. The Balaban J connectivity index is 1.89. The van der Waals surface area contributed by atoms with Crippen molar-refractivity contribution in [3.8, 4) is 11.5 Å². The first-order valence-corrected chi connectivity index (χ1v) is 9.27. The number of carboxylic acid groups (broad SMARTS) is 1. The molecule has 0 atom stereocenters. The van der Waals surface area contributed by atoms with Crippen LogP contribution in [0.4, 0.5) is 5.69 Å². The zero-order valence-corrected chi connectivity index (χ0v) is 16.4. The number of amides is 1. The third-order valence-corrected chi connectivity index (χ3v) is 5.15. The summed E-state index contributed by atoms with van der Waals surface area (Å²) in [4.78, 5) is 24.0. The molecule has 0 saturated heterocycles. The number of nitrogens with one attached hydrogen (secondary N) is 1. The third kappa shape index (κ3) is 3.99. The van der Waals surface area contributed by atoms with Gasteiger partial charge in [0.25, 0.3) is 0 Å². The summed E-state index contributed by atoms with van der Waals surface area (Å²) in [5.41, 5.74) is 1.74. The minimum absolute atomic E-state index is 0.0861. The Kier molecular flexibility index (Phi) is 5.65. The monoisotopic (exact) mass is 397 g/mol. The number of carboxylic acids is 1. The molecule has 28 heavy (non-hydrogen) atoms. The molecule has 1 aromatic heterocycles. The lowest BCUT2D eigenvalue weighted by atomic mass is 10.1. The molecule has 0 radical (unpaired) electrons. The first kappa shape index (κ1) is 19.4. The van der Waals surface area contributed by atoms with Gasteiger partial charge in [0, 0.05) is 22.9 Å². The molecule has 7 heteroatoms. The Bertz CT molecular complexity index is 1080. The topological polar surface area (TPSA) is 84.9 Å². The van der Waals surface area contributed by atoms with E-state index in [1.165, 1.54) is 32.4 Å². The fraction of sp³-hybridized carbons (Fsp3) is 0.143. The van der Waals surface area contributed by atoms with Gasteiger partial charge in [-0.1, -0.05) is 12.1 Å². The Morgan fingerprint density at radius 1 is 1.07 bits per heavy atom. The molecule has 1 heterocycles. The maximum Gasteiger partial charge on any atom is 0.337 e. The molecule has 0 unspecified atom stereocenters. The summed E-state index contributed by atoms with van der Waals surface area (Å²) in [5.74, 6) is -1.01. The van der Waals surface area contributed by atoms with E-state index in [1.807, 2.05) is 36.6 Å². The van der Waals surface area contributed by atoms with Gasteiger partial charge in [0.1, 0.15) is 0 Å². The molecule has 144 valence electrons. The van der Waals surface area contributed by atoms with E-state index in [4.69, 9.17) is 9.47 Å². The maximum absolute atomic E-state index is 12.5. The second-order valence-electron chi connectivity index (χ2n) is 6.05. The van der Waals surface area contributed by atoms with Crippen LogP contribution in [0.3, 0.4) is 0 Å². The molecule has 3 rings (SSSR count). The van der Waals surface area contributed by atoms with E-state index < -0.39 is 11.9 Å². The molecule has 3 aromatic rings. The van der Waals surface area contributed by atoms with Gasteiger partial charge in [-0.15, -0.1) is 11.3 Å². The number of rotatable bonds is 6. The highest BCUT2D eigenvalue weighted by Crippen LogP contribution is 2.33. The van der Waals surface area contributed by atoms with E-state index in [0.717, 1.165) is 21.2 Å². The van der Waals surface area contributed by atoms with Gasteiger partial charge in [0.15, 0.2) is 11.5 Å². The fourth-order valence-electron chi connectivity index (χ4n) is 2.81. The molecule has 1 amide bonds. The molecular formula is C21H19NO5S. The van der Waals surface area contributed by atoms with Crippen molar-refractivity contribution in [2.45, 2.75) is 6.92 Å². The van der Waals surface area contributed by atoms with Crippen molar-refractivity contribution in [2.24, 2.45) is 0 Å².